The Morgan fingerprint density at radius 3 is 2.64 bits per heavy atom. The Kier molecular flexibility index (Phi) is 2.58. The Morgan fingerprint density at radius 2 is 2.00 bits per heavy atom. The lowest BCUT2D eigenvalue weighted by Crippen LogP contribution is -2.13. The molecule has 1 atom stereocenters. The predicted octanol–water partition coefficient (Wildman–Crippen LogP) is 2.40. The van der Waals surface area contributed by atoms with Crippen LogP contribution in [0.4, 0.5) is 8.78 Å². The molecule has 0 amide bonds. The maximum absolute atomic E-state index is 12.7. The van der Waals surface area contributed by atoms with Gasteiger partial charge in [0.15, 0.2) is 0 Å². The van der Waals surface area contributed by atoms with Gasteiger partial charge in [0.25, 0.3) is 0 Å². The Hall–Kier alpha value is -0.470. The van der Waals surface area contributed by atoms with Gasteiger partial charge >= 0.3 is 0 Å². The number of carbonyl (C=O) groups is 1. The van der Waals surface area contributed by atoms with Crippen LogP contribution in [0.5, 0.6) is 0 Å². The molecular formula is C8H12F2O. The van der Waals surface area contributed by atoms with Crippen molar-refractivity contribution >= 4 is 6.29 Å². The Balaban J connectivity index is 2.45. The molecule has 1 unspecified atom stereocenters. The van der Waals surface area contributed by atoms with E-state index in [1.807, 2.05) is 0 Å². The van der Waals surface area contributed by atoms with Crippen molar-refractivity contribution in [1.29, 1.82) is 0 Å². The van der Waals surface area contributed by atoms with Crippen LogP contribution in [-0.4, -0.2) is 12.2 Å². The van der Waals surface area contributed by atoms with E-state index in [-0.39, 0.29) is 18.8 Å². The molecule has 1 fully saturated rings. The van der Waals surface area contributed by atoms with Gasteiger partial charge in [-0.15, -0.1) is 0 Å². The second kappa shape index (κ2) is 3.28. The van der Waals surface area contributed by atoms with Crippen molar-refractivity contribution in [2.24, 2.45) is 5.92 Å². The van der Waals surface area contributed by atoms with Crippen molar-refractivity contribution < 1.29 is 13.6 Å². The minimum atomic E-state index is -2.52. The van der Waals surface area contributed by atoms with E-state index in [2.05, 4.69) is 0 Å². The Morgan fingerprint density at radius 1 is 1.27 bits per heavy atom. The molecule has 0 aromatic carbocycles. The molecule has 1 aliphatic carbocycles. The van der Waals surface area contributed by atoms with Crippen LogP contribution in [0.15, 0.2) is 0 Å². The van der Waals surface area contributed by atoms with Gasteiger partial charge in [-0.05, 0) is 19.3 Å². The van der Waals surface area contributed by atoms with Crippen molar-refractivity contribution in [1.82, 2.24) is 0 Å². The molecule has 0 spiro atoms. The normalized spacial score (nSPS) is 30.9. The third-order valence-corrected chi connectivity index (χ3v) is 2.19. The van der Waals surface area contributed by atoms with Gasteiger partial charge in [0, 0.05) is 18.8 Å². The molecule has 0 saturated heterocycles. The van der Waals surface area contributed by atoms with E-state index in [1.165, 1.54) is 0 Å². The van der Waals surface area contributed by atoms with E-state index in [1.54, 1.807) is 0 Å². The molecule has 1 aliphatic rings. The fraction of sp³-hybridized carbons (Fsp3) is 0.875. The van der Waals surface area contributed by atoms with Gasteiger partial charge in [-0.3, -0.25) is 0 Å². The minimum absolute atomic E-state index is 0.0443. The smallest absolute Gasteiger partial charge is 0.248 e. The number of hydrogen-bond donors (Lipinski definition) is 0. The fourth-order valence-electron chi connectivity index (χ4n) is 1.42. The van der Waals surface area contributed by atoms with Gasteiger partial charge in [-0.25, -0.2) is 8.78 Å². The Bertz CT molecular complexity index is 145. The maximum atomic E-state index is 12.7. The van der Waals surface area contributed by atoms with E-state index >= 15 is 0 Å². The number of halogens is 2. The number of carbonyl (C=O) groups excluding carboxylic acids is 1. The number of hydrogen-bond acceptors (Lipinski definition) is 1. The third-order valence-electron chi connectivity index (χ3n) is 2.19. The second-order valence-corrected chi connectivity index (χ2v) is 3.18. The molecule has 0 radical (unpaired) electrons. The van der Waals surface area contributed by atoms with Gasteiger partial charge in [0.2, 0.25) is 5.92 Å². The molecule has 0 aromatic heterocycles. The highest BCUT2D eigenvalue weighted by atomic mass is 19.3. The van der Waals surface area contributed by atoms with E-state index in [0.717, 1.165) is 6.29 Å². The zero-order valence-corrected chi connectivity index (χ0v) is 6.35. The van der Waals surface area contributed by atoms with E-state index in [0.29, 0.717) is 19.3 Å². The molecular weight excluding hydrogens is 150 g/mol. The van der Waals surface area contributed by atoms with Gasteiger partial charge in [0.1, 0.15) is 6.29 Å². The lowest BCUT2D eigenvalue weighted by molar-refractivity contribution is -0.111. The topological polar surface area (TPSA) is 17.1 Å². The lowest BCUT2D eigenvalue weighted by atomic mass is 10.0. The fourth-order valence-corrected chi connectivity index (χ4v) is 1.42. The molecule has 0 N–H and O–H groups in total. The molecule has 0 aromatic rings. The summed E-state index contributed by atoms with van der Waals surface area (Å²) in [6.07, 6.45) is 2.13. The van der Waals surface area contributed by atoms with Crippen LogP contribution in [0.1, 0.15) is 32.1 Å². The van der Waals surface area contributed by atoms with Crippen molar-refractivity contribution in [2.45, 2.75) is 38.0 Å². The molecule has 64 valence electrons. The first-order valence-electron chi connectivity index (χ1n) is 3.97. The summed E-state index contributed by atoms with van der Waals surface area (Å²) in [6.45, 7) is 0. The van der Waals surface area contributed by atoms with Crippen molar-refractivity contribution in [3.05, 3.63) is 0 Å². The first kappa shape index (κ1) is 8.62. The second-order valence-electron chi connectivity index (χ2n) is 3.18. The molecule has 1 nitrogen and oxygen atoms in total. The highest BCUT2D eigenvalue weighted by molar-refractivity contribution is 5.53. The number of rotatable bonds is 1. The summed E-state index contributed by atoms with van der Waals surface area (Å²) < 4.78 is 25.3. The molecule has 0 heterocycles. The molecule has 1 rings (SSSR count). The molecule has 0 bridgehead atoms. The zero-order valence-electron chi connectivity index (χ0n) is 6.35. The van der Waals surface area contributed by atoms with E-state index in [4.69, 9.17) is 0 Å². The molecule has 3 heteroatoms. The SMILES string of the molecule is O=CC1CCCC(F)(F)CC1. The van der Waals surface area contributed by atoms with Crippen LogP contribution in [0, 0.1) is 5.92 Å². The summed E-state index contributed by atoms with van der Waals surface area (Å²) in [7, 11) is 0. The van der Waals surface area contributed by atoms with Crippen molar-refractivity contribution in [2.75, 3.05) is 0 Å². The van der Waals surface area contributed by atoms with E-state index in [9.17, 15) is 13.6 Å². The minimum Gasteiger partial charge on any atom is -0.303 e. The summed E-state index contributed by atoms with van der Waals surface area (Å²) in [5.74, 6) is -2.64. The van der Waals surface area contributed by atoms with Crippen LogP contribution in [0.3, 0.4) is 0 Å². The average molecular weight is 162 g/mol. The van der Waals surface area contributed by atoms with Crippen LogP contribution >= 0.6 is 0 Å². The summed E-state index contributed by atoms with van der Waals surface area (Å²) in [4.78, 5) is 10.3. The summed E-state index contributed by atoms with van der Waals surface area (Å²) in [6, 6.07) is 0. The molecule has 0 aliphatic heterocycles. The van der Waals surface area contributed by atoms with Gasteiger partial charge in [0.05, 0.1) is 0 Å². The standard InChI is InChI=1S/C8H12F2O/c9-8(10)4-1-2-7(6-11)3-5-8/h6-7H,1-5H2. The van der Waals surface area contributed by atoms with Crippen molar-refractivity contribution in [3.63, 3.8) is 0 Å². The Labute approximate surface area is 64.8 Å². The highest BCUT2D eigenvalue weighted by Crippen LogP contribution is 2.33. The summed E-state index contributed by atoms with van der Waals surface area (Å²) in [5.41, 5.74) is 0. The molecule has 1 saturated carbocycles. The maximum Gasteiger partial charge on any atom is 0.248 e. The van der Waals surface area contributed by atoms with Gasteiger partial charge in [-0.1, -0.05) is 0 Å². The highest BCUT2D eigenvalue weighted by Gasteiger charge is 2.31. The zero-order chi connectivity index (χ0) is 8.32. The number of alkyl halides is 2. The van der Waals surface area contributed by atoms with Crippen LogP contribution < -0.4 is 0 Å². The lowest BCUT2D eigenvalue weighted by Gasteiger charge is -2.11. The first-order valence-corrected chi connectivity index (χ1v) is 3.97. The summed E-state index contributed by atoms with van der Waals surface area (Å²) in [5, 5.41) is 0. The first-order chi connectivity index (χ1) is 5.14. The van der Waals surface area contributed by atoms with Crippen LogP contribution in [-0.2, 0) is 4.79 Å². The average Bonchev–Trinajstić information content (AvgIpc) is 2.10. The quantitative estimate of drug-likeness (QED) is 0.427. The monoisotopic (exact) mass is 162 g/mol. The largest absolute Gasteiger partial charge is 0.303 e. The predicted molar refractivity (Wildman–Crippen MR) is 37.6 cm³/mol. The van der Waals surface area contributed by atoms with Crippen LogP contribution in [0.2, 0.25) is 0 Å². The molecule has 11 heavy (non-hydrogen) atoms. The van der Waals surface area contributed by atoms with Crippen molar-refractivity contribution in [3.8, 4) is 0 Å². The van der Waals surface area contributed by atoms with E-state index < -0.39 is 5.92 Å². The third kappa shape index (κ3) is 2.56. The van der Waals surface area contributed by atoms with Gasteiger partial charge in [-0.2, -0.15) is 0 Å². The number of aldehydes is 1. The van der Waals surface area contributed by atoms with Gasteiger partial charge < -0.3 is 4.79 Å². The van der Waals surface area contributed by atoms with Crippen LogP contribution in [0.25, 0.3) is 0 Å². The summed E-state index contributed by atoms with van der Waals surface area (Å²) >= 11 is 0.